The molecule has 0 spiro atoms. The number of nitrogens with one attached hydrogen (secondary N) is 1. The average molecular weight is 343 g/mol. The van der Waals surface area contributed by atoms with Crippen molar-refractivity contribution in [3.63, 3.8) is 0 Å². The smallest absolute Gasteiger partial charge is 0.322 e. The molecule has 1 aromatic carbocycles. The van der Waals surface area contributed by atoms with Gasteiger partial charge in [-0.1, -0.05) is 12.1 Å². The number of anilines is 1. The molecule has 0 bridgehead atoms. The lowest BCUT2D eigenvalue weighted by atomic mass is 10.1. The van der Waals surface area contributed by atoms with Gasteiger partial charge >= 0.3 is 6.03 Å². The van der Waals surface area contributed by atoms with Crippen molar-refractivity contribution in [2.45, 2.75) is 38.3 Å². The predicted molar refractivity (Wildman–Crippen MR) is 95.4 cm³/mol. The molecule has 2 fully saturated rings. The molecular formula is C18H21N3O2S. The van der Waals surface area contributed by atoms with Gasteiger partial charge in [0.25, 0.3) is 0 Å². The maximum atomic E-state index is 12.6. The van der Waals surface area contributed by atoms with E-state index in [1.165, 1.54) is 0 Å². The van der Waals surface area contributed by atoms with Crippen LogP contribution >= 0.6 is 11.3 Å². The highest BCUT2D eigenvalue weighted by molar-refractivity contribution is 7.09. The number of aryl methyl sites for hydroxylation is 1. The zero-order chi connectivity index (χ0) is 16.5. The number of urea groups is 1. The summed E-state index contributed by atoms with van der Waals surface area (Å²) in [5.74, 6) is 0. The molecule has 1 aliphatic heterocycles. The van der Waals surface area contributed by atoms with Crippen LogP contribution in [0.4, 0.5) is 10.5 Å². The van der Waals surface area contributed by atoms with Gasteiger partial charge in [0.05, 0.1) is 29.5 Å². The molecule has 4 rings (SSSR count). The normalized spacial score (nSPS) is 23.1. The largest absolute Gasteiger partial charge is 0.374 e. The number of amides is 2. The molecule has 2 aliphatic rings. The van der Waals surface area contributed by atoms with Crippen LogP contribution in [0.25, 0.3) is 11.3 Å². The van der Waals surface area contributed by atoms with Crippen molar-refractivity contribution in [1.29, 1.82) is 0 Å². The summed E-state index contributed by atoms with van der Waals surface area (Å²) >= 11 is 1.64. The molecule has 1 saturated carbocycles. The Hall–Kier alpha value is -1.92. The van der Waals surface area contributed by atoms with E-state index < -0.39 is 0 Å². The van der Waals surface area contributed by atoms with Crippen molar-refractivity contribution >= 4 is 23.1 Å². The number of hydrogen-bond donors (Lipinski definition) is 1. The number of rotatable bonds is 2. The molecule has 2 heterocycles. The van der Waals surface area contributed by atoms with E-state index in [0.29, 0.717) is 13.2 Å². The van der Waals surface area contributed by atoms with Crippen molar-refractivity contribution in [3.05, 3.63) is 34.7 Å². The molecule has 2 atom stereocenters. The quantitative estimate of drug-likeness (QED) is 0.899. The number of thiazole rings is 1. The molecule has 0 radical (unpaired) electrons. The summed E-state index contributed by atoms with van der Waals surface area (Å²) in [6.07, 6.45) is 3.47. The van der Waals surface area contributed by atoms with Gasteiger partial charge < -0.3 is 15.0 Å². The Morgan fingerprint density at radius 3 is 2.92 bits per heavy atom. The highest BCUT2D eigenvalue weighted by Crippen LogP contribution is 2.30. The van der Waals surface area contributed by atoms with Crippen LogP contribution in [0.15, 0.2) is 29.6 Å². The number of ether oxygens (including phenoxy) is 1. The third-order valence-electron chi connectivity index (χ3n) is 4.79. The second-order valence-electron chi connectivity index (χ2n) is 6.36. The monoisotopic (exact) mass is 343 g/mol. The number of morpholine rings is 1. The van der Waals surface area contributed by atoms with E-state index >= 15 is 0 Å². The van der Waals surface area contributed by atoms with Gasteiger partial charge in [-0.2, -0.15) is 0 Å². The SMILES string of the molecule is Cc1nc(-c2ccc(NC(=O)N3CCO[C@@H]4CCC[C@@H]43)cc2)cs1. The Labute approximate surface area is 145 Å². The Morgan fingerprint density at radius 1 is 1.33 bits per heavy atom. The van der Waals surface area contributed by atoms with Crippen LogP contribution < -0.4 is 5.32 Å². The van der Waals surface area contributed by atoms with Gasteiger partial charge in [0.2, 0.25) is 0 Å². The van der Waals surface area contributed by atoms with E-state index in [1.807, 2.05) is 36.1 Å². The summed E-state index contributed by atoms with van der Waals surface area (Å²) in [5, 5.41) is 6.13. The lowest BCUT2D eigenvalue weighted by Crippen LogP contribution is -2.52. The molecule has 1 aromatic heterocycles. The fourth-order valence-corrected chi connectivity index (χ4v) is 4.22. The fourth-order valence-electron chi connectivity index (χ4n) is 3.59. The van der Waals surface area contributed by atoms with E-state index in [0.717, 1.165) is 41.2 Å². The van der Waals surface area contributed by atoms with Crippen molar-refractivity contribution in [2.24, 2.45) is 0 Å². The van der Waals surface area contributed by atoms with E-state index in [2.05, 4.69) is 15.7 Å². The van der Waals surface area contributed by atoms with Gasteiger partial charge in [0.15, 0.2) is 0 Å². The number of aromatic nitrogens is 1. The summed E-state index contributed by atoms with van der Waals surface area (Å²) in [4.78, 5) is 19.1. The van der Waals surface area contributed by atoms with Crippen molar-refractivity contribution in [2.75, 3.05) is 18.5 Å². The molecule has 0 unspecified atom stereocenters. The number of nitrogens with zero attached hydrogens (tertiary/aromatic N) is 2. The Bertz CT molecular complexity index is 728. The Morgan fingerprint density at radius 2 is 2.17 bits per heavy atom. The van der Waals surface area contributed by atoms with Crippen LogP contribution in [0.3, 0.4) is 0 Å². The van der Waals surface area contributed by atoms with Crippen LogP contribution in [-0.4, -0.2) is 41.2 Å². The van der Waals surface area contributed by atoms with Crippen LogP contribution in [0.1, 0.15) is 24.3 Å². The minimum absolute atomic E-state index is 0.0209. The topological polar surface area (TPSA) is 54.5 Å². The van der Waals surface area contributed by atoms with Crippen LogP contribution in [0.2, 0.25) is 0 Å². The van der Waals surface area contributed by atoms with Gasteiger partial charge in [-0.25, -0.2) is 9.78 Å². The number of carbonyl (C=O) groups is 1. The number of hydrogen-bond acceptors (Lipinski definition) is 4. The summed E-state index contributed by atoms with van der Waals surface area (Å²) in [7, 11) is 0. The zero-order valence-electron chi connectivity index (χ0n) is 13.7. The Balaban J connectivity index is 1.44. The van der Waals surface area contributed by atoms with Crippen LogP contribution in [0.5, 0.6) is 0 Å². The fraction of sp³-hybridized carbons (Fsp3) is 0.444. The first-order valence-electron chi connectivity index (χ1n) is 8.42. The highest BCUT2D eigenvalue weighted by atomic mass is 32.1. The molecule has 5 nitrogen and oxygen atoms in total. The first-order valence-corrected chi connectivity index (χ1v) is 9.30. The Kier molecular flexibility index (Phi) is 4.24. The molecule has 2 aromatic rings. The zero-order valence-corrected chi connectivity index (χ0v) is 14.5. The molecule has 1 aliphatic carbocycles. The lowest BCUT2D eigenvalue weighted by Gasteiger charge is -2.37. The highest BCUT2D eigenvalue weighted by Gasteiger charge is 2.38. The molecule has 1 saturated heterocycles. The van der Waals surface area contributed by atoms with E-state index in [9.17, 15) is 4.79 Å². The van der Waals surface area contributed by atoms with Gasteiger partial charge in [-0.15, -0.1) is 11.3 Å². The standard InChI is InChI=1S/C18H21N3O2S/c1-12-19-15(11-24-12)13-5-7-14(8-6-13)20-18(22)21-9-10-23-17-4-2-3-16(17)21/h5-8,11,16-17H,2-4,9-10H2,1H3,(H,20,22)/t16-,17+/m0/s1. The number of fused-ring (bicyclic) bond motifs is 1. The van der Waals surface area contributed by atoms with Crippen LogP contribution in [-0.2, 0) is 4.74 Å². The van der Waals surface area contributed by atoms with E-state index in [4.69, 9.17) is 4.74 Å². The summed E-state index contributed by atoms with van der Waals surface area (Å²) < 4.78 is 5.77. The van der Waals surface area contributed by atoms with Crippen LogP contribution in [0, 0.1) is 6.92 Å². The van der Waals surface area contributed by atoms with Crippen molar-refractivity contribution in [3.8, 4) is 11.3 Å². The number of carbonyl (C=O) groups excluding carboxylic acids is 1. The molecule has 126 valence electrons. The summed E-state index contributed by atoms with van der Waals surface area (Å²) in [6, 6.07) is 8.09. The molecule has 24 heavy (non-hydrogen) atoms. The minimum atomic E-state index is -0.0209. The van der Waals surface area contributed by atoms with E-state index in [1.54, 1.807) is 11.3 Å². The van der Waals surface area contributed by atoms with Crippen molar-refractivity contribution < 1.29 is 9.53 Å². The summed E-state index contributed by atoms with van der Waals surface area (Å²) in [6.45, 7) is 3.31. The minimum Gasteiger partial charge on any atom is -0.374 e. The average Bonchev–Trinajstić information content (AvgIpc) is 3.24. The summed E-state index contributed by atoms with van der Waals surface area (Å²) in [5.41, 5.74) is 2.87. The second kappa shape index (κ2) is 6.53. The predicted octanol–water partition coefficient (Wildman–Crippen LogP) is 3.90. The molecule has 1 N–H and O–H groups in total. The molecule has 6 heteroatoms. The molecule has 2 amide bonds. The van der Waals surface area contributed by atoms with Gasteiger partial charge in [-0.3, -0.25) is 0 Å². The second-order valence-corrected chi connectivity index (χ2v) is 7.42. The van der Waals surface area contributed by atoms with Gasteiger partial charge in [0.1, 0.15) is 0 Å². The first-order chi connectivity index (χ1) is 11.7. The van der Waals surface area contributed by atoms with Gasteiger partial charge in [0, 0.05) is 23.2 Å². The van der Waals surface area contributed by atoms with Crippen molar-refractivity contribution in [1.82, 2.24) is 9.88 Å². The lowest BCUT2D eigenvalue weighted by molar-refractivity contribution is -0.0362. The maximum absolute atomic E-state index is 12.6. The number of benzene rings is 1. The third kappa shape index (κ3) is 3.03. The first kappa shape index (κ1) is 15.6. The maximum Gasteiger partial charge on any atom is 0.322 e. The van der Waals surface area contributed by atoms with Gasteiger partial charge in [-0.05, 0) is 38.3 Å². The van der Waals surface area contributed by atoms with E-state index in [-0.39, 0.29) is 18.2 Å². The third-order valence-corrected chi connectivity index (χ3v) is 5.57. The molecular weight excluding hydrogens is 322 g/mol.